The molecule has 0 aromatic rings. The lowest BCUT2D eigenvalue weighted by Crippen LogP contribution is -2.47. The molecule has 0 aromatic heterocycles. The van der Waals surface area contributed by atoms with Gasteiger partial charge in [-0.25, -0.2) is 8.42 Å². The lowest BCUT2D eigenvalue weighted by atomic mass is 10.2. The summed E-state index contributed by atoms with van der Waals surface area (Å²) in [6.45, 7) is 5.99. The molecular formula is C9H20N2O2S2. The summed E-state index contributed by atoms with van der Waals surface area (Å²) in [6.07, 6.45) is 0. The molecule has 1 aliphatic heterocycles. The zero-order valence-electron chi connectivity index (χ0n) is 9.62. The van der Waals surface area contributed by atoms with Crippen LogP contribution in [0.1, 0.15) is 13.8 Å². The van der Waals surface area contributed by atoms with Crippen molar-refractivity contribution >= 4 is 21.8 Å². The molecule has 1 rings (SSSR count). The summed E-state index contributed by atoms with van der Waals surface area (Å²) in [4.78, 5) is 0. The van der Waals surface area contributed by atoms with Gasteiger partial charge in [-0.3, -0.25) is 0 Å². The van der Waals surface area contributed by atoms with Gasteiger partial charge in [-0.2, -0.15) is 16.1 Å². The van der Waals surface area contributed by atoms with Crippen molar-refractivity contribution in [1.82, 2.24) is 9.62 Å². The molecule has 4 nitrogen and oxygen atoms in total. The highest BCUT2D eigenvalue weighted by molar-refractivity contribution is 8.00. The van der Waals surface area contributed by atoms with Crippen LogP contribution in [0.4, 0.5) is 0 Å². The van der Waals surface area contributed by atoms with Crippen molar-refractivity contribution in [1.29, 1.82) is 0 Å². The molecule has 0 atom stereocenters. The van der Waals surface area contributed by atoms with Gasteiger partial charge in [0.2, 0.25) is 10.0 Å². The van der Waals surface area contributed by atoms with Crippen LogP contribution in [-0.2, 0) is 10.0 Å². The summed E-state index contributed by atoms with van der Waals surface area (Å²) in [5.41, 5.74) is 0. The molecule has 0 spiro atoms. The summed E-state index contributed by atoms with van der Waals surface area (Å²) in [5, 5.41) is 2.87. The van der Waals surface area contributed by atoms with Crippen LogP contribution in [0.15, 0.2) is 0 Å². The molecule has 90 valence electrons. The molecule has 0 saturated carbocycles. The molecule has 1 saturated heterocycles. The van der Waals surface area contributed by atoms with Crippen LogP contribution in [0, 0.1) is 0 Å². The fourth-order valence-corrected chi connectivity index (χ4v) is 4.49. The predicted octanol–water partition coefficient (Wildman–Crippen LogP) is 0.363. The Morgan fingerprint density at radius 3 is 2.67 bits per heavy atom. The first-order valence-corrected chi connectivity index (χ1v) is 7.73. The number of sulfonamides is 1. The Kier molecular flexibility index (Phi) is 4.46. The lowest BCUT2D eigenvalue weighted by molar-refractivity contribution is 0.387. The first-order valence-electron chi connectivity index (χ1n) is 5.14. The molecule has 1 fully saturated rings. The van der Waals surface area contributed by atoms with E-state index in [2.05, 4.69) is 19.2 Å². The Morgan fingerprint density at radius 1 is 1.47 bits per heavy atom. The number of nitrogens with one attached hydrogen (secondary N) is 1. The Bertz CT molecular complexity index is 301. The summed E-state index contributed by atoms with van der Waals surface area (Å²) in [5.74, 6) is 1.09. The second kappa shape index (κ2) is 5.03. The molecule has 0 bridgehead atoms. The fourth-order valence-electron chi connectivity index (χ4n) is 1.57. The molecule has 0 unspecified atom stereocenters. The number of hydrogen-bond donors (Lipinski definition) is 1. The average molecular weight is 252 g/mol. The summed E-state index contributed by atoms with van der Waals surface area (Å²) in [7, 11) is -1.29. The van der Waals surface area contributed by atoms with Crippen LogP contribution in [0.25, 0.3) is 0 Å². The zero-order valence-corrected chi connectivity index (χ0v) is 11.2. The van der Waals surface area contributed by atoms with E-state index in [1.165, 1.54) is 0 Å². The van der Waals surface area contributed by atoms with Crippen molar-refractivity contribution in [3.63, 3.8) is 0 Å². The molecule has 1 heterocycles. The molecule has 0 amide bonds. The molecule has 6 heteroatoms. The van der Waals surface area contributed by atoms with Gasteiger partial charge in [0.15, 0.2) is 0 Å². The van der Waals surface area contributed by atoms with E-state index in [1.54, 1.807) is 11.4 Å². The van der Waals surface area contributed by atoms with Crippen LogP contribution < -0.4 is 5.32 Å². The van der Waals surface area contributed by atoms with Gasteiger partial charge in [-0.15, -0.1) is 0 Å². The molecule has 1 N–H and O–H groups in total. The van der Waals surface area contributed by atoms with Gasteiger partial charge >= 0.3 is 0 Å². The maximum atomic E-state index is 11.9. The second-order valence-corrected chi connectivity index (χ2v) is 8.25. The minimum Gasteiger partial charge on any atom is -0.319 e. The van der Waals surface area contributed by atoms with Crippen molar-refractivity contribution in [3.05, 3.63) is 0 Å². The number of rotatable bonds is 4. The standard InChI is InChI=1S/C9H20N2O2S2/c1-9(2)8-11(5-6-14-9)15(12,13)7-4-10-3/h10H,4-8H2,1-3H3. The van der Waals surface area contributed by atoms with Crippen LogP contribution in [-0.4, -0.2) is 55.7 Å². The SMILES string of the molecule is CNCCS(=O)(=O)N1CCSC(C)(C)C1. The maximum absolute atomic E-state index is 11.9. The van der Waals surface area contributed by atoms with E-state index in [0.717, 1.165) is 5.75 Å². The molecule has 0 radical (unpaired) electrons. The van der Waals surface area contributed by atoms with Gasteiger partial charge in [0.05, 0.1) is 5.75 Å². The molecule has 15 heavy (non-hydrogen) atoms. The monoisotopic (exact) mass is 252 g/mol. The van der Waals surface area contributed by atoms with Gasteiger partial charge in [-0.05, 0) is 20.9 Å². The molecule has 0 aliphatic carbocycles. The third-order valence-electron chi connectivity index (χ3n) is 2.39. The van der Waals surface area contributed by atoms with Crippen LogP contribution in [0.3, 0.4) is 0 Å². The van der Waals surface area contributed by atoms with Crippen LogP contribution >= 0.6 is 11.8 Å². The van der Waals surface area contributed by atoms with Crippen molar-refractivity contribution < 1.29 is 8.42 Å². The van der Waals surface area contributed by atoms with E-state index < -0.39 is 10.0 Å². The van der Waals surface area contributed by atoms with Crippen LogP contribution in [0.2, 0.25) is 0 Å². The number of thioether (sulfide) groups is 1. The van der Waals surface area contributed by atoms with Gasteiger partial charge < -0.3 is 5.32 Å². The highest BCUT2D eigenvalue weighted by Crippen LogP contribution is 2.30. The highest BCUT2D eigenvalue weighted by Gasteiger charge is 2.33. The first kappa shape index (κ1) is 13.3. The second-order valence-electron chi connectivity index (χ2n) is 4.36. The van der Waals surface area contributed by atoms with Gasteiger partial charge in [-0.1, -0.05) is 0 Å². The third-order valence-corrected chi connectivity index (χ3v) is 5.51. The van der Waals surface area contributed by atoms with E-state index in [-0.39, 0.29) is 10.5 Å². The van der Waals surface area contributed by atoms with E-state index in [4.69, 9.17) is 0 Å². The average Bonchev–Trinajstić information content (AvgIpc) is 2.13. The summed E-state index contributed by atoms with van der Waals surface area (Å²) < 4.78 is 25.5. The normalized spacial score (nSPS) is 22.9. The minimum absolute atomic E-state index is 0.0466. The van der Waals surface area contributed by atoms with E-state index in [1.807, 2.05) is 11.8 Å². The minimum atomic E-state index is -3.06. The number of hydrogen-bond acceptors (Lipinski definition) is 4. The lowest BCUT2D eigenvalue weighted by Gasteiger charge is -2.36. The Balaban J connectivity index is 2.63. The van der Waals surface area contributed by atoms with Crippen molar-refractivity contribution in [3.8, 4) is 0 Å². The maximum Gasteiger partial charge on any atom is 0.215 e. The first-order chi connectivity index (χ1) is 6.87. The van der Waals surface area contributed by atoms with Crippen molar-refractivity contribution in [2.75, 3.05) is 38.2 Å². The summed E-state index contributed by atoms with van der Waals surface area (Å²) in [6, 6.07) is 0. The molecule has 1 aliphatic rings. The number of nitrogens with zero attached hydrogens (tertiary/aromatic N) is 1. The van der Waals surface area contributed by atoms with Gasteiger partial charge in [0, 0.05) is 30.1 Å². The summed E-state index contributed by atoms with van der Waals surface area (Å²) >= 11 is 1.84. The van der Waals surface area contributed by atoms with Crippen LogP contribution in [0.5, 0.6) is 0 Å². The Hall–Kier alpha value is 0.220. The van der Waals surface area contributed by atoms with Crippen molar-refractivity contribution in [2.45, 2.75) is 18.6 Å². The van der Waals surface area contributed by atoms with E-state index >= 15 is 0 Å². The van der Waals surface area contributed by atoms with Crippen molar-refractivity contribution in [2.24, 2.45) is 0 Å². The smallest absolute Gasteiger partial charge is 0.215 e. The highest BCUT2D eigenvalue weighted by atomic mass is 32.2. The quantitative estimate of drug-likeness (QED) is 0.785. The topological polar surface area (TPSA) is 49.4 Å². The molecule has 0 aromatic carbocycles. The van der Waals surface area contributed by atoms with E-state index in [9.17, 15) is 8.42 Å². The largest absolute Gasteiger partial charge is 0.319 e. The predicted molar refractivity (Wildman–Crippen MR) is 65.8 cm³/mol. The zero-order chi connectivity index (χ0) is 11.5. The fraction of sp³-hybridized carbons (Fsp3) is 1.00. The van der Waals surface area contributed by atoms with Gasteiger partial charge in [0.1, 0.15) is 0 Å². The Labute approximate surface area is 96.8 Å². The molecular weight excluding hydrogens is 232 g/mol. The van der Waals surface area contributed by atoms with E-state index in [0.29, 0.717) is 19.6 Å². The third kappa shape index (κ3) is 3.94. The Morgan fingerprint density at radius 2 is 2.13 bits per heavy atom. The van der Waals surface area contributed by atoms with Gasteiger partial charge in [0.25, 0.3) is 0 Å².